The van der Waals surface area contributed by atoms with Crippen LogP contribution in [0.15, 0.2) is 40.6 Å². The van der Waals surface area contributed by atoms with Gasteiger partial charge in [-0.25, -0.2) is 17.5 Å². The van der Waals surface area contributed by atoms with Crippen molar-refractivity contribution in [3.8, 4) is 0 Å². The Morgan fingerprint density at radius 2 is 2.05 bits per heavy atom. The van der Waals surface area contributed by atoms with Crippen LogP contribution in [0.25, 0.3) is 0 Å². The molecular weight excluding hydrogens is 327 g/mol. The second-order valence-electron chi connectivity index (χ2n) is 4.97. The normalized spacial score (nSPS) is 14.8. The third-order valence-electron chi connectivity index (χ3n) is 3.12. The van der Waals surface area contributed by atoms with Gasteiger partial charge in [-0.1, -0.05) is 6.07 Å². The van der Waals surface area contributed by atoms with Crippen LogP contribution in [-0.2, 0) is 10.0 Å². The lowest BCUT2D eigenvalue weighted by molar-refractivity contribution is 0.103. The minimum atomic E-state index is -3.91. The van der Waals surface area contributed by atoms with Crippen LogP contribution in [0.3, 0.4) is 0 Å². The molecule has 0 spiro atoms. The molecule has 5 nitrogen and oxygen atoms in total. The summed E-state index contributed by atoms with van der Waals surface area (Å²) in [5, 5.41) is 4.32. The molecule has 1 aromatic heterocycles. The monoisotopic (exact) mass is 340 g/mol. The molecule has 1 aromatic carbocycles. The summed E-state index contributed by atoms with van der Waals surface area (Å²) < 4.78 is 40.5. The maximum atomic E-state index is 13.8. The topological polar surface area (TPSA) is 75.3 Å². The van der Waals surface area contributed by atoms with Gasteiger partial charge in [-0.2, -0.15) is 0 Å². The Morgan fingerprint density at radius 1 is 1.27 bits per heavy atom. The highest BCUT2D eigenvalue weighted by atomic mass is 32.2. The number of anilines is 1. The molecule has 1 amide bonds. The number of nitrogens with one attached hydrogen (secondary N) is 2. The van der Waals surface area contributed by atoms with Gasteiger partial charge in [0.25, 0.3) is 5.91 Å². The fourth-order valence-corrected chi connectivity index (χ4v) is 3.90. The predicted molar refractivity (Wildman–Crippen MR) is 82.0 cm³/mol. The molecular formula is C14H13FN2O3S2. The highest BCUT2D eigenvalue weighted by Gasteiger charge is 2.29. The van der Waals surface area contributed by atoms with Gasteiger partial charge in [0.2, 0.25) is 10.0 Å². The second kappa shape index (κ2) is 5.79. The van der Waals surface area contributed by atoms with E-state index in [0.717, 1.165) is 25.0 Å². The molecule has 0 unspecified atom stereocenters. The molecule has 2 N–H and O–H groups in total. The molecule has 3 rings (SSSR count). The van der Waals surface area contributed by atoms with Crippen molar-refractivity contribution in [3.05, 3.63) is 46.4 Å². The summed E-state index contributed by atoms with van der Waals surface area (Å²) in [6.45, 7) is 0. The zero-order valence-corrected chi connectivity index (χ0v) is 13.0. The molecule has 1 saturated carbocycles. The molecule has 0 saturated heterocycles. The van der Waals surface area contributed by atoms with Crippen LogP contribution in [0, 0.1) is 5.82 Å². The zero-order valence-electron chi connectivity index (χ0n) is 11.4. The summed E-state index contributed by atoms with van der Waals surface area (Å²) in [7, 11) is -3.91. The van der Waals surface area contributed by atoms with E-state index in [1.54, 1.807) is 17.5 Å². The van der Waals surface area contributed by atoms with Crippen LogP contribution < -0.4 is 10.0 Å². The maximum absolute atomic E-state index is 13.8. The summed E-state index contributed by atoms with van der Waals surface area (Å²) in [4.78, 5) is 12.0. The van der Waals surface area contributed by atoms with Crippen LogP contribution in [0.2, 0.25) is 0 Å². The molecule has 1 aliphatic rings. The molecule has 22 heavy (non-hydrogen) atoms. The number of amides is 1. The molecule has 1 heterocycles. The van der Waals surface area contributed by atoms with Gasteiger partial charge in [0.05, 0.1) is 4.88 Å². The Kier molecular flexibility index (Phi) is 3.98. The minimum Gasteiger partial charge on any atom is -0.321 e. The first-order valence-corrected chi connectivity index (χ1v) is 8.99. The first-order chi connectivity index (χ1) is 10.5. The van der Waals surface area contributed by atoms with Crippen molar-refractivity contribution < 1.29 is 17.6 Å². The molecule has 0 atom stereocenters. The van der Waals surface area contributed by atoms with Crippen molar-refractivity contribution >= 4 is 33.0 Å². The molecule has 2 aromatic rings. The maximum Gasteiger partial charge on any atom is 0.265 e. The zero-order chi connectivity index (χ0) is 15.7. The van der Waals surface area contributed by atoms with E-state index in [1.165, 1.54) is 17.4 Å². The van der Waals surface area contributed by atoms with Gasteiger partial charge in [0, 0.05) is 11.7 Å². The molecule has 116 valence electrons. The van der Waals surface area contributed by atoms with E-state index in [9.17, 15) is 17.6 Å². The molecule has 0 radical (unpaired) electrons. The van der Waals surface area contributed by atoms with Crippen molar-refractivity contribution in [1.29, 1.82) is 0 Å². The number of hydrogen-bond donors (Lipinski definition) is 2. The molecule has 0 aliphatic heterocycles. The smallest absolute Gasteiger partial charge is 0.265 e. The number of hydrogen-bond acceptors (Lipinski definition) is 4. The number of carbonyl (C=O) groups is 1. The third kappa shape index (κ3) is 3.34. The van der Waals surface area contributed by atoms with E-state index >= 15 is 0 Å². The first kappa shape index (κ1) is 15.1. The van der Waals surface area contributed by atoms with E-state index in [2.05, 4.69) is 10.0 Å². The Labute approximate surface area is 131 Å². The number of carbonyl (C=O) groups excluding carboxylic acids is 1. The molecule has 1 fully saturated rings. The van der Waals surface area contributed by atoms with Gasteiger partial charge in [0.1, 0.15) is 10.7 Å². The van der Waals surface area contributed by atoms with E-state index in [1.807, 2.05) is 0 Å². The van der Waals surface area contributed by atoms with Crippen molar-refractivity contribution in [1.82, 2.24) is 4.72 Å². The van der Waals surface area contributed by atoms with Crippen LogP contribution in [0.5, 0.6) is 0 Å². The van der Waals surface area contributed by atoms with E-state index in [-0.39, 0.29) is 17.6 Å². The molecule has 1 aliphatic carbocycles. The van der Waals surface area contributed by atoms with Crippen LogP contribution in [-0.4, -0.2) is 20.4 Å². The summed E-state index contributed by atoms with van der Waals surface area (Å²) >= 11 is 1.26. The second-order valence-corrected chi connectivity index (χ2v) is 7.60. The Balaban J connectivity index is 1.84. The summed E-state index contributed by atoms with van der Waals surface area (Å²) in [5.41, 5.74) is 0.232. The fourth-order valence-electron chi connectivity index (χ4n) is 1.87. The molecule has 0 bridgehead atoms. The van der Waals surface area contributed by atoms with Gasteiger partial charge in [0.15, 0.2) is 0 Å². The van der Waals surface area contributed by atoms with Gasteiger partial charge < -0.3 is 5.32 Å². The third-order valence-corrected chi connectivity index (χ3v) is 5.53. The Hall–Kier alpha value is -1.77. The van der Waals surface area contributed by atoms with Gasteiger partial charge >= 0.3 is 0 Å². The summed E-state index contributed by atoms with van der Waals surface area (Å²) in [6, 6.07) is 6.76. The van der Waals surface area contributed by atoms with Crippen molar-refractivity contribution in [3.63, 3.8) is 0 Å². The Morgan fingerprint density at radius 3 is 2.68 bits per heavy atom. The molecule has 8 heteroatoms. The summed E-state index contributed by atoms with van der Waals surface area (Å²) in [6.07, 6.45) is 1.52. The van der Waals surface area contributed by atoms with Gasteiger partial charge in [-0.15, -0.1) is 11.3 Å². The SMILES string of the molecule is O=C(Nc1ccc(F)c(S(=O)(=O)NC2CC2)c1)c1cccs1. The van der Waals surface area contributed by atoms with Crippen molar-refractivity contribution in [2.75, 3.05) is 5.32 Å². The van der Waals surface area contributed by atoms with Crippen LogP contribution in [0.4, 0.5) is 10.1 Å². The van der Waals surface area contributed by atoms with Crippen LogP contribution >= 0.6 is 11.3 Å². The van der Waals surface area contributed by atoms with Gasteiger partial charge in [-0.05, 0) is 42.5 Å². The van der Waals surface area contributed by atoms with Gasteiger partial charge in [-0.3, -0.25) is 4.79 Å². The average molecular weight is 340 g/mol. The summed E-state index contributed by atoms with van der Waals surface area (Å²) in [5.74, 6) is -1.21. The number of benzene rings is 1. The lowest BCUT2D eigenvalue weighted by Crippen LogP contribution is -2.26. The Bertz CT molecular complexity index is 800. The standard InChI is InChI=1S/C14H13FN2O3S2/c15-11-6-5-10(16-14(18)12-2-1-7-21-12)8-13(11)22(19,20)17-9-3-4-9/h1-2,5-9,17H,3-4H2,(H,16,18). The highest BCUT2D eigenvalue weighted by Crippen LogP contribution is 2.25. The minimum absolute atomic E-state index is 0.117. The fraction of sp³-hybridized carbons (Fsp3) is 0.214. The largest absolute Gasteiger partial charge is 0.321 e. The van der Waals surface area contributed by atoms with Crippen LogP contribution in [0.1, 0.15) is 22.5 Å². The van der Waals surface area contributed by atoms with E-state index in [0.29, 0.717) is 4.88 Å². The highest BCUT2D eigenvalue weighted by molar-refractivity contribution is 7.89. The van der Waals surface area contributed by atoms with E-state index < -0.39 is 20.7 Å². The quantitative estimate of drug-likeness (QED) is 0.878. The number of halogens is 1. The average Bonchev–Trinajstić information content (AvgIpc) is 3.09. The lowest BCUT2D eigenvalue weighted by Gasteiger charge is -2.09. The lowest BCUT2D eigenvalue weighted by atomic mass is 10.3. The number of rotatable bonds is 5. The van der Waals surface area contributed by atoms with Crippen molar-refractivity contribution in [2.24, 2.45) is 0 Å². The number of sulfonamides is 1. The number of thiophene rings is 1. The van der Waals surface area contributed by atoms with Crippen molar-refractivity contribution in [2.45, 2.75) is 23.8 Å². The predicted octanol–water partition coefficient (Wildman–Crippen LogP) is 2.58. The van der Waals surface area contributed by atoms with E-state index in [4.69, 9.17) is 0 Å². The first-order valence-electron chi connectivity index (χ1n) is 6.62.